The number of nitrogens with zero attached hydrogens (tertiary/aromatic N) is 2. The van der Waals surface area contributed by atoms with Crippen molar-refractivity contribution in [3.8, 4) is 0 Å². The van der Waals surface area contributed by atoms with Crippen molar-refractivity contribution in [1.82, 2.24) is 19.8 Å². The summed E-state index contributed by atoms with van der Waals surface area (Å²) in [5, 5.41) is 5.93. The first-order valence-corrected chi connectivity index (χ1v) is 10.2. The van der Waals surface area contributed by atoms with Gasteiger partial charge >= 0.3 is 0 Å². The average Bonchev–Trinajstić information content (AvgIpc) is 2.63. The van der Waals surface area contributed by atoms with Crippen molar-refractivity contribution in [3.05, 3.63) is 29.8 Å². The molecule has 2 saturated heterocycles. The van der Waals surface area contributed by atoms with Gasteiger partial charge in [0.25, 0.3) is 5.91 Å². The number of hydrogen-bond acceptors (Lipinski definition) is 5. The van der Waals surface area contributed by atoms with Gasteiger partial charge in [-0.15, -0.1) is 0 Å². The van der Waals surface area contributed by atoms with Crippen LogP contribution in [-0.4, -0.2) is 74.2 Å². The molecule has 26 heavy (non-hydrogen) atoms. The highest BCUT2D eigenvalue weighted by atomic mass is 32.2. The van der Waals surface area contributed by atoms with Crippen LogP contribution in [0.5, 0.6) is 0 Å². The average molecular weight is 380 g/mol. The summed E-state index contributed by atoms with van der Waals surface area (Å²) in [5.74, 6) is -0.416. The maximum absolute atomic E-state index is 12.7. The van der Waals surface area contributed by atoms with E-state index in [4.69, 9.17) is 0 Å². The predicted molar refractivity (Wildman–Crippen MR) is 96.2 cm³/mol. The number of nitrogens with one attached hydrogen (secondary N) is 2. The van der Waals surface area contributed by atoms with Crippen molar-refractivity contribution in [1.29, 1.82) is 0 Å². The molecule has 3 rings (SSSR count). The number of piperazine rings is 2. The monoisotopic (exact) mass is 380 g/mol. The van der Waals surface area contributed by atoms with Crippen LogP contribution in [0, 0.1) is 0 Å². The molecule has 0 bridgehead atoms. The van der Waals surface area contributed by atoms with Crippen LogP contribution < -0.4 is 10.6 Å². The highest BCUT2D eigenvalue weighted by Gasteiger charge is 2.31. The van der Waals surface area contributed by atoms with E-state index in [-0.39, 0.29) is 41.9 Å². The SMILES string of the molecule is CC1NCCN(C(=O)c2ccc(S(=O)(=O)N3CCNC(=O)C3)cc2)C1C. The Morgan fingerprint density at radius 2 is 1.81 bits per heavy atom. The fraction of sp³-hybridized carbons (Fsp3) is 0.529. The smallest absolute Gasteiger partial charge is 0.254 e. The second-order valence-electron chi connectivity index (χ2n) is 6.69. The van der Waals surface area contributed by atoms with Crippen molar-refractivity contribution in [2.45, 2.75) is 30.8 Å². The van der Waals surface area contributed by atoms with E-state index in [2.05, 4.69) is 10.6 Å². The Morgan fingerprint density at radius 3 is 2.46 bits per heavy atom. The van der Waals surface area contributed by atoms with Crippen molar-refractivity contribution in [2.24, 2.45) is 0 Å². The van der Waals surface area contributed by atoms with Crippen molar-refractivity contribution < 1.29 is 18.0 Å². The van der Waals surface area contributed by atoms with E-state index in [1.807, 2.05) is 13.8 Å². The highest BCUT2D eigenvalue weighted by Crippen LogP contribution is 2.19. The Morgan fingerprint density at radius 1 is 1.12 bits per heavy atom. The summed E-state index contributed by atoms with van der Waals surface area (Å²) in [6.07, 6.45) is 0. The summed E-state index contributed by atoms with van der Waals surface area (Å²) in [6.45, 7) is 5.75. The Balaban J connectivity index is 1.77. The number of carbonyl (C=O) groups is 2. The Labute approximate surface area is 153 Å². The third-order valence-electron chi connectivity index (χ3n) is 5.04. The molecule has 0 radical (unpaired) electrons. The van der Waals surface area contributed by atoms with Crippen molar-refractivity contribution in [2.75, 3.05) is 32.7 Å². The largest absolute Gasteiger partial charge is 0.354 e. The second kappa shape index (κ2) is 7.34. The molecule has 2 amide bonds. The zero-order chi connectivity index (χ0) is 18.9. The molecule has 2 aliphatic heterocycles. The molecule has 2 atom stereocenters. The fourth-order valence-electron chi connectivity index (χ4n) is 3.25. The summed E-state index contributed by atoms with van der Waals surface area (Å²) in [6, 6.07) is 6.22. The van der Waals surface area contributed by atoms with E-state index in [1.54, 1.807) is 17.0 Å². The van der Waals surface area contributed by atoms with Crippen LogP contribution in [0.15, 0.2) is 29.2 Å². The highest BCUT2D eigenvalue weighted by molar-refractivity contribution is 7.89. The zero-order valence-corrected chi connectivity index (χ0v) is 15.8. The minimum absolute atomic E-state index is 0.0616. The van der Waals surface area contributed by atoms with Crippen LogP contribution in [-0.2, 0) is 14.8 Å². The van der Waals surface area contributed by atoms with Gasteiger partial charge in [0.2, 0.25) is 15.9 Å². The molecule has 0 aromatic heterocycles. The molecule has 2 fully saturated rings. The van der Waals surface area contributed by atoms with Gasteiger partial charge in [-0.1, -0.05) is 0 Å². The van der Waals surface area contributed by atoms with Crippen LogP contribution in [0.2, 0.25) is 0 Å². The predicted octanol–water partition coefficient (Wildman–Crippen LogP) is -0.370. The van der Waals surface area contributed by atoms with Crippen LogP contribution >= 0.6 is 0 Å². The lowest BCUT2D eigenvalue weighted by molar-refractivity contribution is -0.122. The van der Waals surface area contributed by atoms with Gasteiger partial charge < -0.3 is 15.5 Å². The van der Waals surface area contributed by atoms with E-state index in [0.717, 1.165) is 10.8 Å². The standard InChI is InChI=1S/C17H24N4O4S/c1-12-13(2)21(10-8-18-12)17(23)14-3-5-15(6-4-14)26(24,25)20-9-7-19-16(22)11-20/h3-6,12-13,18H,7-11H2,1-2H3,(H,19,22). The normalized spacial score (nSPS) is 25.0. The van der Waals surface area contributed by atoms with Gasteiger partial charge in [0, 0.05) is 43.8 Å². The molecule has 0 aliphatic carbocycles. The molecule has 2 heterocycles. The van der Waals surface area contributed by atoms with Gasteiger partial charge in [-0.2, -0.15) is 4.31 Å². The van der Waals surface area contributed by atoms with E-state index in [0.29, 0.717) is 18.7 Å². The minimum Gasteiger partial charge on any atom is -0.354 e. The second-order valence-corrected chi connectivity index (χ2v) is 8.63. The van der Waals surface area contributed by atoms with Gasteiger partial charge in [-0.05, 0) is 38.1 Å². The van der Waals surface area contributed by atoms with Gasteiger partial charge in [0.1, 0.15) is 0 Å². The lowest BCUT2D eigenvalue weighted by Gasteiger charge is -2.38. The molecular formula is C17H24N4O4S. The molecule has 0 spiro atoms. The van der Waals surface area contributed by atoms with E-state index >= 15 is 0 Å². The molecule has 9 heteroatoms. The molecule has 2 unspecified atom stereocenters. The van der Waals surface area contributed by atoms with E-state index in [9.17, 15) is 18.0 Å². The number of benzene rings is 1. The van der Waals surface area contributed by atoms with Crippen LogP contribution in [0.3, 0.4) is 0 Å². The fourth-order valence-corrected chi connectivity index (χ4v) is 4.64. The topological polar surface area (TPSA) is 98.8 Å². The summed E-state index contributed by atoms with van der Waals surface area (Å²) >= 11 is 0. The number of hydrogen-bond donors (Lipinski definition) is 2. The molecule has 1 aromatic carbocycles. The van der Waals surface area contributed by atoms with Gasteiger partial charge in [-0.25, -0.2) is 8.42 Å². The lowest BCUT2D eigenvalue weighted by atomic mass is 10.1. The lowest BCUT2D eigenvalue weighted by Crippen LogP contribution is -2.57. The van der Waals surface area contributed by atoms with Crippen molar-refractivity contribution in [3.63, 3.8) is 0 Å². The van der Waals surface area contributed by atoms with Gasteiger partial charge in [-0.3, -0.25) is 9.59 Å². The number of sulfonamides is 1. The molecule has 1 aromatic rings. The molecule has 8 nitrogen and oxygen atoms in total. The van der Waals surface area contributed by atoms with Gasteiger partial charge in [0.05, 0.1) is 11.4 Å². The first-order chi connectivity index (χ1) is 12.3. The van der Waals surface area contributed by atoms with Crippen LogP contribution in [0.1, 0.15) is 24.2 Å². The number of rotatable bonds is 3. The van der Waals surface area contributed by atoms with E-state index < -0.39 is 10.0 Å². The van der Waals surface area contributed by atoms with Crippen LogP contribution in [0.4, 0.5) is 0 Å². The maximum atomic E-state index is 12.7. The first kappa shape index (κ1) is 18.8. The summed E-state index contributed by atoms with van der Waals surface area (Å²) in [7, 11) is -3.74. The zero-order valence-electron chi connectivity index (χ0n) is 14.9. The Kier molecular flexibility index (Phi) is 5.31. The maximum Gasteiger partial charge on any atom is 0.254 e. The Bertz CT molecular complexity index is 793. The summed E-state index contributed by atoms with van der Waals surface area (Å²) in [5.41, 5.74) is 0.460. The molecule has 2 aliphatic rings. The van der Waals surface area contributed by atoms with Crippen LogP contribution in [0.25, 0.3) is 0 Å². The molecule has 0 saturated carbocycles. The third kappa shape index (κ3) is 3.60. The quantitative estimate of drug-likeness (QED) is 0.746. The molecule has 142 valence electrons. The first-order valence-electron chi connectivity index (χ1n) is 8.72. The minimum atomic E-state index is -3.74. The molecular weight excluding hydrogens is 356 g/mol. The van der Waals surface area contributed by atoms with Crippen molar-refractivity contribution >= 4 is 21.8 Å². The Hall–Kier alpha value is -1.97. The number of amides is 2. The van der Waals surface area contributed by atoms with Gasteiger partial charge in [0.15, 0.2) is 0 Å². The summed E-state index contributed by atoms with van der Waals surface area (Å²) < 4.78 is 26.5. The number of carbonyl (C=O) groups excluding carboxylic acids is 2. The van der Waals surface area contributed by atoms with E-state index in [1.165, 1.54) is 12.1 Å². The third-order valence-corrected chi connectivity index (χ3v) is 6.90. The molecule has 2 N–H and O–H groups in total. The summed E-state index contributed by atoms with van der Waals surface area (Å²) in [4.78, 5) is 26.1.